The zero-order valence-electron chi connectivity index (χ0n) is 19.8. The first-order valence-corrected chi connectivity index (χ1v) is 10.6. The van der Waals surface area contributed by atoms with Crippen LogP contribution in [0.3, 0.4) is 0 Å². The van der Waals surface area contributed by atoms with Gasteiger partial charge in [0.2, 0.25) is 0 Å². The van der Waals surface area contributed by atoms with Crippen LogP contribution in [0.2, 0.25) is 0 Å². The van der Waals surface area contributed by atoms with Gasteiger partial charge in [0.15, 0.2) is 17.1 Å². The molecule has 0 aliphatic rings. The van der Waals surface area contributed by atoms with Crippen LogP contribution in [-0.2, 0) is 22.5 Å². The van der Waals surface area contributed by atoms with E-state index >= 15 is 0 Å². The predicted molar refractivity (Wildman–Crippen MR) is 122 cm³/mol. The molecule has 0 spiro atoms. The molecule has 1 N–H and O–H groups in total. The highest BCUT2D eigenvalue weighted by molar-refractivity contribution is 5.79. The molecular weight excluding hydrogens is 394 g/mol. The number of nitrogens with one attached hydrogen (secondary N) is 1. The summed E-state index contributed by atoms with van der Waals surface area (Å²) >= 11 is 0. The molecule has 6 nitrogen and oxygen atoms in total. The molecule has 31 heavy (non-hydrogen) atoms. The highest BCUT2D eigenvalue weighted by Crippen LogP contribution is 2.29. The second-order valence-corrected chi connectivity index (χ2v) is 8.01. The van der Waals surface area contributed by atoms with E-state index in [-0.39, 0.29) is 5.97 Å². The summed E-state index contributed by atoms with van der Waals surface area (Å²) in [7, 11) is 3.28. The molecule has 0 heterocycles. The van der Waals surface area contributed by atoms with E-state index < -0.39 is 5.60 Å². The predicted octanol–water partition coefficient (Wildman–Crippen LogP) is 4.37. The van der Waals surface area contributed by atoms with Crippen LogP contribution in [0, 0.1) is 13.8 Å². The molecular formula is C25H35NO5. The van der Waals surface area contributed by atoms with Gasteiger partial charge in [-0.1, -0.05) is 18.2 Å². The minimum Gasteiger partial charge on any atom is -0.493 e. The van der Waals surface area contributed by atoms with E-state index in [0.29, 0.717) is 6.61 Å². The van der Waals surface area contributed by atoms with Crippen LogP contribution >= 0.6 is 0 Å². The molecule has 0 saturated carbocycles. The minimum atomic E-state index is -1.04. The molecule has 0 atom stereocenters. The van der Waals surface area contributed by atoms with Crippen LogP contribution in [0.4, 0.5) is 0 Å². The molecule has 0 fully saturated rings. The highest BCUT2D eigenvalue weighted by Gasteiger charge is 2.32. The lowest BCUT2D eigenvalue weighted by molar-refractivity contribution is -0.158. The second-order valence-electron chi connectivity index (χ2n) is 8.01. The Bertz CT molecular complexity index is 868. The molecule has 2 aromatic carbocycles. The highest BCUT2D eigenvalue weighted by atomic mass is 16.6. The Labute approximate surface area is 185 Å². The maximum absolute atomic E-state index is 12.2. The first-order chi connectivity index (χ1) is 14.7. The van der Waals surface area contributed by atoms with E-state index in [1.54, 1.807) is 35.0 Å². The number of carbonyl (C=O) groups excluding carboxylic acids is 1. The number of hydrogen-bond acceptors (Lipinski definition) is 6. The molecule has 0 aromatic heterocycles. The number of benzene rings is 2. The van der Waals surface area contributed by atoms with Gasteiger partial charge in [0, 0.05) is 6.54 Å². The summed E-state index contributed by atoms with van der Waals surface area (Å²) in [5.74, 6) is 1.84. The standard InChI is InChI=1S/C25H35NO5/c1-8-30-24(27)25(4,5)31-23-17(2)13-20(14-18(23)3)16-26-12-11-19-9-10-21(28-6)22(15-19)29-7/h9-10,13-15,26H,8,11-12,16H2,1-7H3. The van der Waals surface area contributed by atoms with Gasteiger partial charge in [0.25, 0.3) is 0 Å². The molecule has 0 saturated heterocycles. The van der Waals surface area contributed by atoms with Crippen molar-refractivity contribution >= 4 is 5.97 Å². The van der Waals surface area contributed by atoms with Crippen LogP contribution in [0.5, 0.6) is 17.2 Å². The fraction of sp³-hybridized carbons (Fsp3) is 0.480. The van der Waals surface area contributed by atoms with Crippen molar-refractivity contribution in [1.82, 2.24) is 5.32 Å². The molecule has 0 radical (unpaired) electrons. The summed E-state index contributed by atoms with van der Waals surface area (Å²) in [5, 5.41) is 3.49. The first kappa shape index (κ1) is 24.5. The Hall–Kier alpha value is -2.73. The van der Waals surface area contributed by atoms with Gasteiger partial charge in [0.05, 0.1) is 20.8 Å². The fourth-order valence-electron chi connectivity index (χ4n) is 3.41. The first-order valence-electron chi connectivity index (χ1n) is 10.6. The van der Waals surface area contributed by atoms with Crippen molar-refractivity contribution in [2.45, 2.75) is 53.2 Å². The molecule has 0 bridgehead atoms. The number of methoxy groups -OCH3 is 2. The van der Waals surface area contributed by atoms with E-state index in [1.807, 2.05) is 26.0 Å². The van der Waals surface area contributed by atoms with Gasteiger partial charge >= 0.3 is 5.97 Å². The quantitative estimate of drug-likeness (QED) is 0.423. The smallest absolute Gasteiger partial charge is 0.349 e. The maximum atomic E-state index is 12.2. The van der Waals surface area contributed by atoms with Crippen LogP contribution < -0.4 is 19.5 Å². The van der Waals surface area contributed by atoms with Crippen molar-refractivity contribution in [3.05, 3.63) is 52.6 Å². The normalized spacial score (nSPS) is 11.2. The largest absolute Gasteiger partial charge is 0.493 e. The zero-order valence-corrected chi connectivity index (χ0v) is 19.8. The van der Waals surface area contributed by atoms with Crippen molar-refractivity contribution in [2.24, 2.45) is 0 Å². The summed E-state index contributed by atoms with van der Waals surface area (Å²) in [5.41, 5.74) is 3.30. The number of hydrogen-bond donors (Lipinski definition) is 1. The third kappa shape index (κ3) is 6.62. The topological polar surface area (TPSA) is 66.0 Å². The molecule has 6 heteroatoms. The SMILES string of the molecule is CCOC(=O)C(C)(C)Oc1c(C)cc(CNCCc2ccc(OC)c(OC)c2)cc1C. The molecule has 0 aliphatic heterocycles. The monoisotopic (exact) mass is 429 g/mol. The summed E-state index contributed by atoms with van der Waals surface area (Å²) in [6.45, 7) is 11.2. The molecule has 170 valence electrons. The van der Waals surface area contributed by atoms with Gasteiger partial charge in [-0.05, 0) is 82.0 Å². The Kier molecular flexibility index (Phi) is 8.75. The lowest BCUT2D eigenvalue weighted by Gasteiger charge is -2.26. The van der Waals surface area contributed by atoms with Crippen LogP contribution in [0.15, 0.2) is 30.3 Å². The van der Waals surface area contributed by atoms with Crippen molar-refractivity contribution in [2.75, 3.05) is 27.4 Å². The van der Waals surface area contributed by atoms with Crippen molar-refractivity contribution < 1.29 is 23.7 Å². The lowest BCUT2D eigenvalue weighted by Crippen LogP contribution is -2.40. The lowest BCUT2D eigenvalue weighted by atomic mass is 10.0. The number of ether oxygens (including phenoxy) is 4. The van der Waals surface area contributed by atoms with Crippen LogP contribution in [0.1, 0.15) is 43.0 Å². The Morgan fingerprint density at radius 2 is 1.61 bits per heavy atom. The van der Waals surface area contributed by atoms with Crippen molar-refractivity contribution in [3.8, 4) is 17.2 Å². The van der Waals surface area contributed by atoms with E-state index in [9.17, 15) is 4.79 Å². The summed E-state index contributed by atoms with van der Waals surface area (Å²) in [6.07, 6.45) is 0.882. The van der Waals surface area contributed by atoms with Gasteiger partial charge in [0.1, 0.15) is 5.75 Å². The van der Waals surface area contributed by atoms with E-state index in [1.165, 1.54) is 11.1 Å². The van der Waals surface area contributed by atoms with Crippen LogP contribution in [0.25, 0.3) is 0 Å². The van der Waals surface area contributed by atoms with E-state index in [4.69, 9.17) is 18.9 Å². The number of esters is 1. The summed E-state index contributed by atoms with van der Waals surface area (Å²) in [4.78, 5) is 12.2. The molecule has 0 amide bonds. The van der Waals surface area contributed by atoms with Crippen LogP contribution in [-0.4, -0.2) is 38.9 Å². The molecule has 2 rings (SSSR count). The average Bonchev–Trinajstić information content (AvgIpc) is 2.73. The number of carbonyl (C=O) groups is 1. The van der Waals surface area contributed by atoms with Gasteiger partial charge in [-0.15, -0.1) is 0 Å². The summed E-state index contributed by atoms with van der Waals surface area (Å²) in [6, 6.07) is 10.2. The Morgan fingerprint density at radius 3 is 2.19 bits per heavy atom. The third-order valence-corrected chi connectivity index (χ3v) is 5.01. The van der Waals surface area contributed by atoms with E-state index in [0.717, 1.165) is 47.9 Å². The van der Waals surface area contributed by atoms with Gasteiger partial charge in [-0.2, -0.15) is 0 Å². The van der Waals surface area contributed by atoms with Gasteiger partial charge in [-0.3, -0.25) is 0 Å². The molecule has 0 aliphatic carbocycles. The Morgan fingerprint density at radius 1 is 0.968 bits per heavy atom. The minimum absolute atomic E-state index is 0.331. The van der Waals surface area contributed by atoms with E-state index in [2.05, 4.69) is 23.5 Å². The molecule has 2 aromatic rings. The number of rotatable bonds is 11. The zero-order chi connectivity index (χ0) is 23.0. The summed E-state index contributed by atoms with van der Waals surface area (Å²) < 4.78 is 21.8. The number of aryl methyl sites for hydroxylation is 2. The average molecular weight is 430 g/mol. The van der Waals surface area contributed by atoms with Crippen molar-refractivity contribution in [3.63, 3.8) is 0 Å². The Balaban J connectivity index is 1.96. The molecule has 0 unspecified atom stereocenters. The van der Waals surface area contributed by atoms with Gasteiger partial charge < -0.3 is 24.3 Å². The second kappa shape index (κ2) is 11.0. The fourth-order valence-corrected chi connectivity index (χ4v) is 3.41. The maximum Gasteiger partial charge on any atom is 0.349 e. The van der Waals surface area contributed by atoms with Crippen molar-refractivity contribution in [1.29, 1.82) is 0 Å². The van der Waals surface area contributed by atoms with Gasteiger partial charge in [-0.25, -0.2) is 4.79 Å². The third-order valence-electron chi connectivity index (χ3n) is 5.01.